The van der Waals surface area contributed by atoms with Gasteiger partial charge in [0.1, 0.15) is 5.69 Å². The van der Waals surface area contributed by atoms with E-state index < -0.39 is 11.9 Å². The molecule has 116 valence electrons. The lowest BCUT2D eigenvalue weighted by Gasteiger charge is -2.09. The summed E-state index contributed by atoms with van der Waals surface area (Å²) in [6.07, 6.45) is -1.42. The Morgan fingerprint density at radius 2 is 2.05 bits per heavy atom. The number of halogens is 3. The van der Waals surface area contributed by atoms with Gasteiger partial charge in [-0.05, 0) is 36.2 Å². The molecule has 2 aromatic rings. The van der Waals surface area contributed by atoms with Crippen LogP contribution in [0, 0.1) is 6.92 Å². The van der Waals surface area contributed by atoms with Crippen LogP contribution >= 0.6 is 0 Å². The molecule has 4 nitrogen and oxygen atoms in total. The van der Waals surface area contributed by atoms with E-state index in [2.05, 4.69) is 15.3 Å². The van der Waals surface area contributed by atoms with E-state index >= 15 is 0 Å². The minimum absolute atomic E-state index is 0.0822. The van der Waals surface area contributed by atoms with Gasteiger partial charge >= 0.3 is 6.18 Å². The fourth-order valence-corrected chi connectivity index (χ4v) is 1.86. The second kappa shape index (κ2) is 6.55. The molecule has 22 heavy (non-hydrogen) atoms. The van der Waals surface area contributed by atoms with Crippen LogP contribution in [0.15, 0.2) is 36.7 Å². The van der Waals surface area contributed by atoms with Crippen molar-refractivity contribution in [1.29, 1.82) is 0 Å². The molecule has 2 heterocycles. The molecule has 0 aliphatic heterocycles. The smallest absolute Gasteiger partial charge is 0.352 e. The summed E-state index contributed by atoms with van der Waals surface area (Å²) in [6.45, 7) is 2.16. The van der Waals surface area contributed by atoms with Crippen LogP contribution in [0.1, 0.15) is 22.5 Å². The molecule has 0 spiro atoms. The minimum atomic E-state index is -4.51. The van der Waals surface area contributed by atoms with Crippen LogP contribution in [0.2, 0.25) is 0 Å². The second-order valence-corrected chi connectivity index (χ2v) is 4.77. The third-order valence-electron chi connectivity index (χ3n) is 3.05. The Balaban J connectivity index is 1.97. The van der Waals surface area contributed by atoms with Gasteiger partial charge in [0.25, 0.3) is 0 Å². The Morgan fingerprint density at radius 3 is 2.73 bits per heavy atom. The Labute approximate surface area is 125 Å². The minimum Gasteiger partial charge on any atom is -0.352 e. The molecular weight excluding hydrogens is 295 g/mol. The molecule has 0 aliphatic rings. The van der Waals surface area contributed by atoms with Crippen LogP contribution in [-0.2, 0) is 23.9 Å². The number of aromatic nitrogens is 2. The van der Waals surface area contributed by atoms with Gasteiger partial charge in [0.2, 0.25) is 5.91 Å². The first-order chi connectivity index (χ1) is 10.4. The molecule has 7 heteroatoms. The number of nitrogens with zero attached hydrogens (tertiary/aromatic N) is 2. The highest BCUT2D eigenvalue weighted by atomic mass is 19.4. The van der Waals surface area contributed by atoms with Crippen LogP contribution in [0.5, 0.6) is 0 Å². The average Bonchev–Trinajstić information content (AvgIpc) is 2.46. The topological polar surface area (TPSA) is 54.9 Å². The van der Waals surface area contributed by atoms with Crippen LogP contribution in [0.25, 0.3) is 0 Å². The van der Waals surface area contributed by atoms with Gasteiger partial charge in [0.05, 0.1) is 12.1 Å². The van der Waals surface area contributed by atoms with Gasteiger partial charge in [-0.15, -0.1) is 0 Å². The molecule has 0 saturated heterocycles. The van der Waals surface area contributed by atoms with Crippen molar-refractivity contribution in [3.05, 3.63) is 59.2 Å². The maximum absolute atomic E-state index is 12.6. The number of carbonyl (C=O) groups excluding carboxylic acids is 1. The molecule has 0 saturated carbocycles. The summed E-state index contributed by atoms with van der Waals surface area (Å²) in [5.41, 5.74) is 0.918. The third kappa shape index (κ3) is 4.28. The summed E-state index contributed by atoms with van der Waals surface area (Å²) >= 11 is 0. The predicted octanol–water partition coefficient (Wildman–Crippen LogP) is 2.66. The Kier molecular flexibility index (Phi) is 4.75. The van der Waals surface area contributed by atoms with Crippen molar-refractivity contribution in [2.24, 2.45) is 0 Å². The van der Waals surface area contributed by atoms with Gasteiger partial charge < -0.3 is 5.32 Å². The number of alkyl halides is 3. The first-order valence-corrected chi connectivity index (χ1v) is 6.55. The Bertz CT molecular complexity index is 671. The number of rotatable bonds is 4. The van der Waals surface area contributed by atoms with Crippen LogP contribution in [-0.4, -0.2) is 15.9 Å². The van der Waals surface area contributed by atoms with E-state index in [1.807, 2.05) is 6.92 Å². The number of nitrogens with one attached hydrogen (secondary N) is 1. The number of aryl methyl sites for hydroxylation is 1. The standard InChI is InChI=1S/C15H14F3N3O/c1-10-8-19-6-5-11(10)9-20-14(22)7-12-3-2-4-13(21-12)15(16,17)18/h2-6,8H,7,9H2,1H3,(H,20,22). The van der Waals surface area contributed by atoms with Crippen molar-refractivity contribution >= 4 is 5.91 Å². The second-order valence-electron chi connectivity index (χ2n) is 4.77. The molecule has 2 aromatic heterocycles. The molecule has 0 aliphatic carbocycles. The highest BCUT2D eigenvalue weighted by Gasteiger charge is 2.32. The molecule has 0 bridgehead atoms. The maximum Gasteiger partial charge on any atom is 0.433 e. The molecule has 0 atom stereocenters. The lowest BCUT2D eigenvalue weighted by Crippen LogP contribution is -2.25. The SMILES string of the molecule is Cc1cnccc1CNC(=O)Cc1cccc(C(F)(F)F)n1. The Morgan fingerprint density at radius 1 is 1.27 bits per heavy atom. The zero-order valence-electron chi connectivity index (χ0n) is 11.8. The highest BCUT2D eigenvalue weighted by Crippen LogP contribution is 2.27. The molecule has 1 amide bonds. The lowest BCUT2D eigenvalue weighted by molar-refractivity contribution is -0.141. The van der Waals surface area contributed by atoms with Crippen molar-refractivity contribution in [1.82, 2.24) is 15.3 Å². The van der Waals surface area contributed by atoms with Crippen molar-refractivity contribution in [3.63, 3.8) is 0 Å². The zero-order valence-corrected chi connectivity index (χ0v) is 11.8. The first-order valence-electron chi connectivity index (χ1n) is 6.55. The fraction of sp³-hybridized carbons (Fsp3) is 0.267. The molecular formula is C15H14F3N3O. The van der Waals surface area contributed by atoms with Crippen LogP contribution < -0.4 is 5.32 Å². The largest absolute Gasteiger partial charge is 0.433 e. The maximum atomic E-state index is 12.6. The number of pyridine rings is 2. The van der Waals surface area contributed by atoms with E-state index in [1.54, 1.807) is 18.5 Å². The molecule has 2 rings (SSSR count). The van der Waals surface area contributed by atoms with Gasteiger partial charge in [0.15, 0.2) is 0 Å². The average molecular weight is 309 g/mol. The summed E-state index contributed by atoms with van der Waals surface area (Å²) < 4.78 is 37.7. The monoisotopic (exact) mass is 309 g/mol. The fourth-order valence-electron chi connectivity index (χ4n) is 1.86. The van der Waals surface area contributed by atoms with Gasteiger partial charge in [0, 0.05) is 18.9 Å². The molecule has 0 unspecified atom stereocenters. The van der Waals surface area contributed by atoms with E-state index in [1.165, 1.54) is 12.1 Å². The van der Waals surface area contributed by atoms with Crippen molar-refractivity contribution < 1.29 is 18.0 Å². The number of carbonyl (C=O) groups is 1. The van der Waals surface area contributed by atoms with E-state index in [0.29, 0.717) is 6.54 Å². The summed E-state index contributed by atoms with van der Waals surface area (Å²) in [5.74, 6) is -0.386. The third-order valence-corrected chi connectivity index (χ3v) is 3.05. The van der Waals surface area contributed by atoms with Crippen molar-refractivity contribution in [2.45, 2.75) is 26.1 Å². The van der Waals surface area contributed by atoms with E-state index in [9.17, 15) is 18.0 Å². The normalized spacial score (nSPS) is 11.3. The van der Waals surface area contributed by atoms with Gasteiger partial charge in [-0.2, -0.15) is 13.2 Å². The summed E-state index contributed by atoms with van der Waals surface area (Å²) in [5, 5.41) is 2.66. The van der Waals surface area contributed by atoms with E-state index in [-0.39, 0.29) is 18.0 Å². The van der Waals surface area contributed by atoms with Gasteiger partial charge in [-0.3, -0.25) is 9.78 Å². The van der Waals surface area contributed by atoms with Crippen molar-refractivity contribution in [2.75, 3.05) is 0 Å². The summed E-state index contributed by atoms with van der Waals surface area (Å²) in [4.78, 5) is 19.2. The predicted molar refractivity (Wildman–Crippen MR) is 73.8 cm³/mol. The quantitative estimate of drug-likeness (QED) is 0.944. The van der Waals surface area contributed by atoms with Gasteiger partial charge in [-0.1, -0.05) is 6.07 Å². The molecule has 0 aromatic carbocycles. The Hall–Kier alpha value is -2.44. The molecule has 0 fully saturated rings. The van der Waals surface area contributed by atoms with Gasteiger partial charge in [-0.25, -0.2) is 4.98 Å². The molecule has 1 N–H and O–H groups in total. The van der Waals surface area contributed by atoms with Crippen LogP contribution in [0.3, 0.4) is 0 Å². The lowest BCUT2D eigenvalue weighted by atomic mass is 10.1. The highest BCUT2D eigenvalue weighted by molar-refractivity contribution is 5.78. The number of amides is 1. The zero-order chi connectivity index (χ0) is 16.2. The number of hydrogen-bond donors (Lipinski definition) is 1. The summed E-state index contributed by atoms with van der Waals surface area (Å²) in [6, 6.07) is 5.29. The van der Waals surface area contributed by atoms with Crippen molar-refractivity contribution in [3.8, 4) is 0 Å². The van der Waals surface area contributed by atoms with Crippen LogP contribution in [0.4, 0.5) is 13.2 Å². The van der Waals surface area contributed by atoms with E-state index in [0.717, 1.165) is 17.2 Å². The number of hydrogen-bond acceptors (Lipinski definition) is 3. The summed E-state index contributed by atoms with van der Waals surface area (Å²) in [7, 11) is 0. The van der Waals surface area contributed by atoms with E-state index in [4.69, 9.17) is 0 Å². The molecule has 0 radical (unpaired) electrons. The first kappa shape index (κ1) is 15.9.